The number of esters is 2. The first kappa shape index (κ1) is 39.9. The van der Waals surface area contributed by atoms with Gasteiger partial charge >= 0.3 is 11.9 Å². The third-order valence-corrected chi connectivity index (χ3v) is 8.15. The van der Waals surface area contributed by atoms with Crippen LogP contribution in [-0.2, 0) is 19.1 Å². The van der Waals surface area contributed by atoms with Crippen molar-refractivity contribution in [1.29, 1.82) is 0 Å². The summed E-state index contributed by atoms with van der Waals surface area (Å²) in [5.74, 6) is -0.579. The molecule has 0 aliphatic heterocycles. The summed E-state index contributed by atoms with van der Waals surface area (Å²) in [5.41, 5.74) is 0. The smallest absolute Gasteiger partial charge is 0.306 e. The summed E-state index contributed by atoms with van der Waals surface area (Å²) in [6, 6.07) is 0. The molecule has 0 aromatic rings. The second-order valence-corrected chi connectivity index (χ2v) is 12.3. The molecule has 1 N–H and O–H groups in total. The molecule has 0 amide bonds. The van der Waals surface area contributed by atoms with E-state index < -0.39 is 6.10 Å². The van der Waals surface area contributed by atoms with E-state index in [0.717, 1.165) is 32.1 Å². The van der Waals surface area contributed by atoms with E-state index in [4.69, 9.17) is 9.47 Å². The minimum absolute atomic E-state index is 0.0573. The van der Waals surface area contributed by atoms with Crippen LogP contribution in [-0.4, -0.2) is 36.4 Å². The Morgan fingerprint density at radius 2 is 0.756 bits per heavy atom. The molecule has 41 heavy (non-hydrogen) atoms. The van der Waals surface area contributed by atoms with Gasteiger partial charge in [0.15, 0.2) is 6.10 Å². The Hall–Kier alpha value is -1.10. The zero-order chi connectivity index (χ0) is 30.1. The Morgan fingerprint density at radius 3 is 1.07 bits per heavy atom. The van der Waals surface area contributed by atoms with E-state index in [2.05, 4.69) is 13.8 Å². The molecule has 0 aliphatic rings. The van der Waals surface area contributed by atoms with Crippen LogP contribution in [0, 0.1) is 0 Å². The molecule has 5 nitrogen and oxygen atoms in total. The standard InChI is InChI=1S/C36H70O5/c1-3-5-7-9-11-13-15-17-18-19-21-22-24-26-28-30-35(38)40-33-34(32-37)41-36(39)31-29-27-25-23-20-16-14-12-10-8-6-4-2/h34,37H,3-33H2,1-2H3/t34-/m0/s1. The Kier molecular flexibility index (Phi) is 32.5. The summed E-state index contributed by atoms with van der Waals surface area (Å²) in [5, 5.41) is 9.51. The zero-order valence-electron chi connectivity index (χ0n) is 27.6. The summed E-state index contributed by atoms with van der Waals surface area (Å²) in [4.78, 5) is 24.1. The quantitative estimate of drug-likeness (QED) is 0.0615. The molecule has 0 aromatic heterocycles. The average Bonchev–Trinajstić information content (AvgIpc) is 2.97. The molecule has 1 atom stereocenters. The maximum Gasteiger partial charge on any atom is 0.306 e. The van der Waals surface area contributed by atoms with Gasteiger partial charge in [-0.1, -0.05) is 174 Å². The summed E-state index contributed by atoms with van der Waals surface area (Å²) >= 11 is 0. The second-order valence-electron chi connectivity index (χ2n) is 12.3. The molecule has 0 aliphatic carbocycles. The number of hydrogen-bond acceptors (Lipinski definition) is 5. The van der Waals surface area contributed by atoms with Gasteiger partial charge in [0, 0.05) is 12.8 Å². The van der Waals surface area contributed by atoms with E-state index in [-0.39, 0.29) is 25.2 Å². The van der Waals surface area contributed by atoms with Crippen molar-refractivity contribution in [3.05, 3.63) is 0 Å². The van der Waals surface area contributed by atoms with Crippen LogP contribution in [0.3, 0.4) is 0 Å². The fraction of sp³-hybridized carbons (Fsp3) is 0.944. The SMILES string of the molecule is CCCCCCCCCCCCCCCCCC(=O)OC[C@H](CO)OC(=O)CCCCCCCCCCCCCC. The highest BCUT2D eigenvalue weighted by Crippen LogP contribution is 2.15. The van der Waals surface area contributed by atoms with Crippen molar-refractivity contribution < 1.29 is 24.2 Å². The van der Waals surface area contributed by atoms with E-state index in [1.54, 1.807) is 0 Å². The van der Waals surface area contributed by atoms with Crippen molar-refractivity contribution in [3.63, 3.8) is 0 Å². The van der Waals surface area contributed by atoms with Gasteiger partial charge < -0.3 is 14.6 Å². The first-order valence-electron chi connectivity index (χ1n) is 18.1. The van der Waals surface area contributed by atoms with Gasteiger partial charge in [-0.3, -0.25) is 9.59 Å². The molecule has 0 radical (unpaired) electrons. The molecule has 244 valence electrons. The molecule has 0 bridgehead atoms. The van der Waals surface area contributed by atoms with Crippen molar-refractivity contribution in [2.24, 2.45) is 0 Å². The molecular formula is C36H70O5. The van der Waals surface area contributed by atoms with Crippen molar-refractivity contribution in [2.75, 3.05) is 13.2 Å². The van der Waals surface area contributed by atoms with Crippen LogP contribution >= 0.6 is 0 Å². The van der Waals surface area contributed by atoms with Gasteiger partial charge in [-0.05, 0) is 12.8 Å². The summed E-state index contributed by atoms with van der Waals surface area (Å²) in [6.07, 6.45) is 34.4. The largest absolute Gasteiger partial charge is 0.462 e. The van der Waals surface area contributed by atoms with E-state index >= 15 is 0 Å². The van der Waals surface area contributed by atoms with Gasteiger partial charge in [-0.25, -0.2) is 0 Å². The number of aliphatic hydroxyl groups excluding tert-OH is 1. The lowest BCUT2D eigenvalue weighted by atomic mass is 10.0. The van der Waals surface area contributed by atoms with Gasteiger partial charge in [0.25, 0.3) is 0 Å². The normalized spacial score (nSPS) is 12.0. The van der Waals surface area contributed by atoms with Gasteiger partial charge in [-0.2, -0.15) is 0 Å². The Bertz CT molecular complexity index is 550. The monoisotopic (exact) mass is 583 g/mol. The zero-order valence-corrected chi connectivity index (χ0v) is 27.6. The molecular weight excluding hydrogens is 512 g/mol. The number of carbonyl (C=O) groups excluding carboxylic acids is 2. The molecule has 0 unspecified atom stereocenters. The Morgan fingerprint density at radius 1 is 0.463 bits per heavy atom. The van der Waals surface area contributed by atoms with Crippen molar-refractivity contribution in [2.45, 2.75) is 206 Å². The first-order chi connectivity index (χ1) is 20.1. The van der Waals surface area contributed by atoms with Crippen LogP contribution in [0.15, 0.2) is 0 Å². The molecule has 0 saturated heterocycles. The van der Waals surface area contributed by atoms with Crippen LogP contribution in [0.1, 0.15) is 200 Å². The number of carbonyl (C=O) groups is 2. The van der Waals surface area contributed by atoms with Gasteiger partial charge in [0.2, 0.25) is 0 Å². The third-order valence-electron chi connectivity index (χ3n) is 8.15. The number of rotatable bonds is 33. The average molecular weight is 583 g/mol. The van der Waals surface area contributed by atoms with Crippen LogP contribution in [0.25, 0.3) is 0 Å². The van der Waals surface area contributed by atoms with Crippen LogP contribution in [0.4, 0.5) is 0 Å². The molecule has 0 fully saturated rings. The Balaban J connectivity index is 3.51. The minimum Gasteiger partial charge on any atom is -0.462 e. The molecule has 0 saturated carbocycles. The number of aliphatic hydroxyl groups is 1. The highest BCUT2D eigenvalue weighted by atomic mass is 16.6. The lowest BCUT2D eigenvalue weighted by Gasteiger charge is -2.15. The number of ether oxygens (including phenoxy) is 2. The molecule has 0 heterocycles. The Labute approximate surface area is 255 Å². The second kappa shape index (κ2) is 33.4. The highest BCUT2D eigenvalue weighted by molar-refractivity contribution is 5.70. The molecule has 0 spiro atoms. The minimum atomic E-state index is -0.759. The van der Waals surface area contributed by atoms with E-state index in [9.17, 15) is 14.7 Å². The van der Waals surface area contributed by atoms with Crippen LogP contribution < -0.4 is 0 Å². The molecule has 0 rings (SSSR count). The summed E-state index contributed by atoms with van der Waals surface area (Å²) < 4.78 is 10.6. The third kappa shape index (κ3) is 31.7. The fourth-order valence-corrected chi connectivity index (χ4v) is 5.38. The van der Waals surface area contributed by atoms with Crippen LogP contribution in [0.2, 0.25) is 0 Å². The lowest BCUT2D eigenvalue weighted by molar-refractivity contribution is -0.161. The number of hydrogen-bond donors (Lipinski definition) is 1. The van der Waals surface area contributed by atoms with Gasteiger partial charge in [0.05, 0.1) is 6.61 Å². The van der Waals surface area contributed by atoms with Crippen molar-refractivity contribution in [1.82, 2.24) is 0 Å². The van der Waals surface area contributed by atoms with E-state index in [1.165, 1.54) is 141 Å². The highest BCUT2D eigenvalue weighted by Gasteiger charge is 2.16. The topological polar surface area (TPSA) is 72.8 Å². The molecule has 5 heteroatoms. The summed E-state index contributed by atoms with van der Waals surface area (Å²) in [7, 11) is 0. The van der Waals surface area contributed by atoms with Gasteiger partial charge in [0.1, 0.15) is 6.61 Å². The van der Waals surface area contributed by atoms with Gasteiger partial charge in [-0.15, -0.1) is 0 Å². The van der Waals surface area contributed by atoms with Crippen LogP contribution in [0.5, 0.6) is 0 Å². The van der Waals surface area contributed by atoms with E-state index in [1.807, 2.05) is 0 Å². The maximum atomic E-state index is 12.1. The van der Waals surface area contributed by atoms with Crippen molar-refractivity contribution >= 4 is 11.9 Å². The van der Waals surface area contributed by atoms with Crippen molar-refractivity contribution in [3.8, 4) is 0 Å². The number of unbranched alkanes of at least 4 members (excludes halogenated alkanes) is 25. The first-order valence-corrected chi connectivity index (χ1v) is 18.1. The predicted molar refractivity (Wildman–Crippen MR) is 173 cm³/mol. The lowest BCUT2D eigenvalue weighted by Crippen LogP contribution is -2.28. The van der Waals surface area contributed by atoms with E-state index in [0.29, 0.717) is 12.8 Å². The maximum absolute atomic E-state index is 12.1. The fourth-order valence-electron chi connectivity index (χ4n) is 5.38. The predicted octanol–water partition coefficient (Wildman–Crippen LogP) is 10.8. The molecule has 0 aromatic carbocycles. The summed E-state index contributed by atoms with van der Waals surface area (Å²) in [6.45, 7) is 4.14.